The Balaban J connectivity index is 1.41. The molecule has 1 aliphatic heterocycles. The molecule has 6 nitrogen and oxygen atoms in total. The molecule has 1 aromatic carbocycles. The van der Waals surface area contributed by atoms with Gasteiger partial charge in [0, 0.05) is 41.2 Å². The fourth-order valence-corrected chi connectivity index (χ4v) is 4.74. The topological polar surface area (TPSA) is 75.5 Å². The van der Waals surface area contributed by atoms with Crippen molar-refractivity contribution in [2.75, 3.05) is 13.1 Å². The first kappa shape index (κ1) is 19.5. The van der Waals surface area contributed by atoms with Crippen LogP contribution in [0.5, 0.6) is 0 Å². The van der Waals surface area contributed by atoms with Gasteiger partial charge in [0.2, 0.25) is 0 Å². The van der Waals surface area contributed by atoms with Crippen molar-refractivity contribution in [2.24, 2.45) is 0 Å². The number of nitro groups is 1. The van der Waals surface area contributed by atoms with Gasteiger partial charge in [0.15, 0.2) is 0 Å². The number of thiophene rings is 1. The molecule has 0 saturated carbocycles. The highest BCUT2D eigenvalue weighted by atomic mass is 32.1. The van der Waals surface area contributed by atoms with Crippen LogP contribution < -0.4 is 5.32 Å². The Labute approximate surface area is 163 Å². The molecule has 0 bridgehead atoms. The molecule has 2 unspecified atom stereocenters. The van der Waals surface area contributed by atoms with E-state index in [9.17, 15) is 14.9 Å². The second kappa shape index (κ2) is 8.63. The molecule has 0 saturated heterocycles. The van der Waals surface area contributed by atoms with Gasteiger partial charge in [-0.05, 0) is 68.8 Å². The van der Waals surface area contributed by atoms with E-state index in [1.54, 1.807) is 0 Å². The van der Waals surface area contributed by atoms with E-state index < -0.39 is 4.92 Å². The Bertz CT molecular complexity index is 803. The van der Waals surface area contributed by atoms with Crippen LogP contribution in [0.25, 0.3) is 0 Å². The van der Waals surface area contributed by atoms with Crippen molar-refractivity contribution in [2.45, 2.75) is 45.2 Å². The van der Waals surface area contributed by atoms with E-state index in [-0.39, 0.29) is 11.6 Å². The maximum atomic E-state index is 12.1. The average molecular weight is 388 g/mol. The average Bonchev–Trinajstić information content (AvgIpc) is 3.12. The molecule has 0 aliphatic carbocycles. The van der Waals surface area contributed by atoms with Gasteiger partial charge in [-0.15, -0.1) is 11.3 Å². The van der Waals surface area contributed by atoms with E-state index in [1.807, 2.05) is 11.3 Å². The minimum atomic E-state index is -0.469. The normalized spacial score (nSPS) is 19.5. The fraction of sp³-hybridized carbons (Fsp3) is 0.450. The van der Waals surface area contributed by atoms with E-state index in [0.29, 0.717) is 24.2 Å². The lowest BCUT2D eigenvalue weighted by atomic mass is 9.96. The van der Waals surface area contributed by atoms with Gasteiger partial charge in [0.05, 0.1) is 4.92 Å². The molecule has 1 aromatic heterocycles. The van der Waals surface area contributed by atoms with Crippen molar-refractivity contribution in [3.63, 3.8) is 0 Å². The van der Waals surface area contributed by atoms with Crippen molar-refractivity contribution < 1.29 is 9.72 Å². The standard InChI is InChI=1S/C20H25N3O3S/c1-14-13-17-9-12-27-19(17)15(2)22(14)11-4-3-10-21-20(24)16-5-7-18(8-6-16)23(25)26/h5-9,12,14-15H,3-4,10-11,13H2,1-2H3,(H,21,24). The van der Waals surface area contributed by atoms with Gasteiger partial charge >= 0.3 is 0 Å². The van der Waals surface area contributed by atoms with Gasteiger partial charge in [0.25, 0.3) is 11.6 Å². The number of non-ortho nitro benzene ring substituents is 1. The number of unbranched alkanes of at least 4 members (excludes halogenated alkanes) is 1. The number of nitro benzene ring substituents is 1. The molecule has 144 valence electrons. The summed E-state index contributed by atoms with van der Waals surface area (Å²) in [6.45, 7) is 6.19. The molecule has 1 aliphatic rings. The number of fused-ring (bicyclic) bond motifs is 1. The predicted molar refractivity (Wildman–Crippen MR) is 107 cm³/mol. The highest BCUT2D eigenvalue weighted by Crippen LogP contribution is 2.36. The Morgan fingerprint density at radius 1 is 1.26 bits per heavy atom. The molecular formula is C20H25N3O3S. The Kier molecular flexibility index (Phi) is 6.23. The van der Waals surface area contributed by atoms with Crippen molar-refractivity contribution in [3.8, 4) is 0 Å². The van der Waals surface area contributed by atoms with E-state index in [1.165, 1.54) is 34.7 Å². The van der Waals surface area contributed by atoms with Crippen molar-refractivity contribution in [1.29, 1.82) is 0 Å². The van der Waals surface area contributed by atoms with Gasteiger partial charge in [0.1, 0.15) is 0 Å². The van der Waals surface area contributed by atoms with E-state index in [0.717, 1.165) is 25.8 Å². The lowest BCUT2D eigenvalue weighted by Gasteiger charge is -2.39. The monoisotopic (exact) mass is 387 g/mol. The first-order chi connectivity index (χ1) is 13.0. The molecule has 3 rings (SSSR count). The number of nitrogens with one attached hydrogen (secondary N) is 1. The van der Waals surface area contributed by atoms with E-state index in [4.69, 9.17) is 0 Å². The van der Waals surface area contributed by atoms with Gasteiger partial charge in [-0.3, -0.25) is 19.8 Å². The summed E-state index contributed by atoms with van der Waals surface area (Å²) in [7, 11) is 0. The highest BCUT2D eigenvalue weighted by molar-refractivity contribution is 7.10. The number of nitrogens with zero attached hydrogens (tertiary/aromatic N) is 2. The third-order valence-electron chi connectivity index (χ3n) is 5.21. The first-order valence-electron chi connectivity index (χ1n) is 9.32. The van der Waals surface area contributed by atoms with Gasteiger partial charge in [-0.1, -0.05) is 0 Å². The third kappa shape index (κ3) is 4.54. The van der Waals surface area contributed by atoms with Crippen molar-refractivity contribution >= 4 is 22.9 Å². The Hall–Kier alpha value is -2.25. The van der Waals surface area contributed by atoms with Crippen LogP contribution in [0.3, 0.4) is 0 Å². The molecule has 2 aromatic rings. The first-order valence-corrected chi connectivity index (χ1v) is 10.2. The minimum absolute atomic E-state index is 0.00906. The van der Waals surface area contributed by atoms with Gasteiger partial charge in [-0.2, -0.15) is 0 Å². The second-order valence-electron chi connectivity index (χ2n) is 7.04. The van der Waals surface area contributed by atoms with Crippen LogP contribution in [0.15, 0.2) is 35.7 Å². The quantitative estimate of drug-likeness (QED) is 0.439. The Morgan fingerprint density at radius 3 is 2.70 bits per heavy atom. The third-order valence-corrected chi connectivity index (χ3v) is 6.34. The molecule has 2 heterocycles. The summed E-state index contributed by atoms with van der Waals surface area (Å²) in [5, 5.41) is 15.7. The number of hydrogen-bond donors (Lipinski definition) is 1. The summed E-state index contributed by atoms with van der Waals surface area (Å²) in [6, 6.07) is 8.93. The predicted octanol–water partition coefficient (Wildman–Crippen LogP) is 4.17. The summed E-state index contributed by atoms with van der Waals surface area (Å²) in [5.41, 5.74) is 1.93. The second-order valence-corrected chi connectivity index (χ2v) is 7.99. The van der Waals surface area contributed by atoms with Gasteiger partial charge in [-0.25, -0.2) is 0 Å². The molecule has 7 heteroatoms. The maximum Gasteiger partial charge on any atom is 0.269 e. The minimum Gasteiger partial charge on any atom is -0.352 e. The maximum absolute atomic E-state index is 12.1. The SMILES string of the molecule is CC1Cc2ccsc2C(C)N1CCCCNC(=O)c1ccc([N+](=O)[O-])cc1. The molecule has 27 heavy (non-hydrogen) atoms. The molecule has 0 radical (unpaired) electrons. The molecule has 0 spiro atoms. The fourth-order valence-electron chi connectivity index (χ4n) is 3.72. The van der Waals surface area contributed by atoms with E-state index in [2.05, 4.69) is 35.5 Å². The van der Waals surface area contributed by atoms with Crippen LogP contribution in [0.1, 0.15) is 53.5 Å². The molecule has 2 atom stereocenters. The van der Waals surface area contributed by atoms with Crippen LogP contribution in [0, 0.1) is 10.1 Å². The van der Waals surface area contributed by atoms with Crippen molar-refractivity contribution in [3.05, 3.63) is 61.8 Å². The molecular weight excluding hydrogens is 362 g/mol. The largest absolute Gasteiger partial charge is 0.352 e. The number of carbonyl (C=O) groups is 1. The number of carbonyl (C=O) groups excluding carboxylic acids is 1. The van der Waals surface area contributed by atoms with Crippen LogP contribution in [0.4, 0.5) is 5.69 Å². The zero-order valence-electron chi connectivity index (χ0n) is 15.7. The summed E-state index contributed by atoms with van der Waals surface area (Å²) < 4.78 is 0. The summed E-state index contributed by atoms with van der Waals surface area (Å²) >= 11 is 1.85. The highest BCUT2D eigenvalue weighted by Gasteiger charge is 2.29. The molecule has 1 N–H and O–H groups in total. The number of hydrogen-bond acceptors (Lipinski definition) is 5. The van der Waals surface area contributed by atoms with E-state index >= 15 is 0 Å². The lowest BCUT2D eigenvalue weighted by Crippen LogP contribution is -2.41. The summed E-state index contributed by atoms with van der Waals surface area (Å²) in [5.74, 6) is -0.187. The summed E-state index contributed by atoms with van der Waals surface area (Å²) in [4.78, 5) is 26.3. The molecule has 0 fully saturated rings. The van der Waals surface area contributed by atoms with Crippen molar-refractivity contribution in [1.82, 2.24) is 10.2 Å². The zero-order chi connectivity index (χ0) is 19.4. The smallest absolute Gasteiger partial charge is 0.269 e. The van der Waals surface area contributed by atoms with Gasteiger partial charge < -0.3 is 5.32 Å². The Morgan fingerprint density at radius 2 is 2.00 bits per heavy atom. The van der Waals surface area contributed by atoms with Crippen LogP contribution in [0.2, 0.25) is 0 Å². The number of benzene rings is 1. The van der Waals surface area contributed by atoms with Crippen LogP contribution >= 0.6 is 11.3 Å². The van der Waals surface area contributed by atoms with Crippen LogP contribution in [-0.2, 0) is 6.42 Å². The lowest BCUT2D eigenvalue weighted by molar-refractivity contribution is -0.384. The zero-order valence-corrected chi connectivity index (χ0v) is 16.5. The number of amides is 1. The van der Waals surface area contributed by atoms with Crippen LogP contribution in [-0.4, -0.2) is 34.9 Å². The molecule has 1 amide bonds. The number of rotatable bonds is 7. The summed E-state index contributed by atoms with van der Waals surface area (Å²) in [6.07, 6.45) is 3.04.